The molecule has 0 aliphatic rings. The van der Waals surface area contributed by atoms with Gasteiger partial charge in [-0.1, -0.05) is 13.3 Å². The fourth-order valence-electron chi connectivity index (χ4n) is 0.698. The molecule has 0 aliphatic carbocycles. The van der Waals surface area contributed by atoms with Crippen molar-refractivity contribution in [1.29, 1.82) is 0 Å². The van der Waals surface area contributed by atoms with Gasteiger partial charge in [-0.25, -0.2) is 4.79 Å². The number of rotatable bonds is 5. The van der Waals surface area contributed by atoms with Gasteiger partial charge in [-0.2, -0.15) is 0 Å². The van der Waals surface area contributed by atoms with Gasteiger partial charge in [0, 0.05) is 18.2 Å². The van der Waals surface area contributed by atoms with Crippen LogP contribution >= 0.6 is 0 Å². The summed E-state index contributed by atoms with van der Waals surface area (Å²) in [6.07, 6.45) is 3.01. The first-order valence-corrected chi connectivity index (χ1v) is 4.27. The van der Waals surface area contributed by atoms with Crippen molar-refractivity contribution in [2.75, 3.05) is 6.54 Å². The largest absolute Gasteiger partial charge is 0.478 e. The number of carbonyl (C=O) groups is 2. The fourth-order valence-corrected chi connectivity index (χ4v) is 0.698. The number of hydrogen-bond donors (Lipinski definition) is 2. The second-order valence-corrected chi connectivity index (χ2v) is 2.78. The minimum absolute atomic E-state index is 0.0500. The second-order valence-electron chi connectivity index (χ2n) is 2.78. The molecule has 0 atom stereocenters. The van der Waals surface area contributed by atoms with Gasteiger partial charge in [0.1, 0.15) is 0 Å². The summed E-state index contributed by atoms with van der Waals surface area (Å²) in [6, 6.07) is 0. The predicted molar refractivity (Wildman–Crippen MR) is 49.3 cm³/mol. The molecule has 0 radical (unpaired) electrons. The summed E-state index contributed by atoms with van der Waals surface area (Å²) in [4.78, 5) is 21.3. The molecule has 0 unspecified atom stereocenters. The van der Waals surface area contributed by atoms with E-state index in [-0.39, 0.29) is 11.5 Å². The number of carbonyl (C=O) groups excluding carboxylic acids is 1. The van der Waals surface area contributed by atoms with Crippen LogP contribution in [0.25, 0.3) is 0 Å². The Morgan fingerprint density at radius 3 is 2.54 bits per heavy atom. The second kappa shape index (κ2) is 6.22. The van der Waals surface area contributed by atoms with Crippen LogP contribution in [-0.4, -0.2) is 23.5 Å². The van der Waals surface area contributed by atoms with Crippen molar-refractivity contribution in [3.63, 3.8) is 0 Å². The van der Waals surface area contributed by atoms with E-state index in [0.29, 0.717) is 6.54 Å². The quantitative estimate of drug-likeness (QED) is 0.494. The molecule has 0 rings (SSSR count). The lowest BCUT2D eigenvalue weighted by Crippen LogP contribution is -2.22. The minimum atomic E-state index is -1.06. The van der Waals surface area contributed by atoms with Crippen molar-refractivity contribution in [1.82, 2.24) is 5.32 Å². The summed E-state index contributed by atoms with van der Waals surface area (Å²) in [6.45, 7) is 4.00. The Hall–Kier alpha value is -1.32. The van der Waals surface area contributed by atoms with Crippen molar-refractivity contribution in [3.8, 4) is 0 Å². The van der Waals surface area contributed by atoms with Crippen molar-refractivity contribution < 1.29 is 14.7 Å². The van der Waals surface area contributed by atoms with Crippen LogP contribution in [0, 0.1) is 0 Å². The smallest absolute Gasteiger partial charge is 0.331 e. The summed E-state index contributed by atoms with van der Waals surface area (Å²) in [5.74, 6) is -1.40. The van der Waals surface area contributed by atoms with Crippen LogP contribution in [0.1, 0.15) is 26.7 Å². The highest BCUT2D eigenvalue weighted by Gasteiger charge is 2.02. The van der Waals surface area contributed by atoms with E-state index in [1.165, 1.54) is 6.92 Å². The Balaban J connectivity index is 3.86. The molecule has 74 valence electrons. The van der Waals surface area contributed by atoms with E-state index in [1.54, 1.807) is 0 Å². The van der Waals surface area contributed by atoms with E-state index >= 15 is 0 Å². The first-order valence-electron chi connectivity index (χ1n) is 4.27. The summed E-state index contributed by atoms with van der Waals surface area (Å²) in [5.41, 5.74) is 0.0500. The molecule has 2 N–H and O–H groups in total. The lowest BCUT2D eigenvalue weighted by atomic mass is 10.3. The molecule has 4 heteroatoms. The highest BCUT2D eigenvalue weighted by atomic mass is 16.4. The molecule has 0 aliphatic heterocycles. The van der Waals surface area contributed by atoms with Gasteiger partial charge in [-0.3, -0.25) is 4.79 Å². The zero-order valence-corrected chi connectivity index (χ0v) is 7.96. The minimum Gasteiger partial charge on any atom is -0.478 e. The average Bonchev–Trinajstić information content (AvgIpc) is 2.04. The number of aliphatic carboxylic acids is 1. The number of carboxylic acids is 1. The Labute approximate surface area is 77.6 Å². The molecule has 0 fully saturated rings. The van der Waals surface area contributed by atoms with E-state index in [9.17, 15) is 9.59 Å². The predicted octanol–water partition coefficient (Wildman–Crippen LogP) is 0.934. The number of carboxylic acid groups (broad SMARTS) is 1. The SMILES string of the molecule is CCCCNC(=O)/C=C(\C)C(=O)O. The lowest BCUT2D eigenvalue weighted by Gasteiger charge is -1.99. The molecular weight excluding hydrogens is 170 g/mol. The van der Waals surface area contributed by atoms with Crippen molar-refractivity contribution in [2.24, 2.45) is 0 Å². The first-order chi connectivity index (χ1) is 6.07. The fraction of sp³-hybridized carbons (Fsp3) is 0.556. The molecule has 0 aromatic carbocycles. The molecule has 0 aromatic heterocycles. The average molecular weight is 185 g/mol. The van der Waals surface area contributed by atoms with Crippen molar-refractivity contribution in [3.05, 3.63) is 11.6 Å². The van der Waals surface area contributed by atoms with E-state index in [0.717, 1.165) is 18.9 Å². The molecule has 0 saturated carbocycles. The Bertz CT molecular complexity index is 221. The standard InChI is InChI=1S/C9H15NO3/c1-3-4-5-10-8(11)6-7(2)9(12)13/h6H,3-5H2,1-2H3,(H,10,11)(H,12,13)/b7-6+. The zero-order chi connectivity index (χ0) is 10.3. The van der Waals surface area contributed by atoms with E-state index < -0.39 is 5.97 Å². The van der Waals surface area contributed by atoms with Crippen molar-refractivity contribution in [2.45, 2.75) is 26.7 Å². The maximum absolute atomic E-state index is 11.0. The van der Waals surface area contributed by atoms with Gasteiger partial charge in [-0.15, -0.1) is 0 Å². The molecule has 0 saturated heterocycles. The third kappa shape index (κ3) is 5.90. The van der Waals surface area contributed by atoms with Crippen LogP contribution in [0.4, 0.5) is 0 Å². The van der Waals surface area contributed by atoms with Crippen LogP contribution in [0.15, 0.2) is 11.6 Å². The number of nitrogens with one attached hydrogen (secondary N) is 1. The Kier molecular flexibility index (Phi) is 5.59. The summed E-state index contributed by atoms with van der Waals surface area (Å²) in [7, 11) is 0. The summed E-state index contributed by atoms with van der Waals surface area (Å²) in [5, 5.41) is 11.0. The van der Waals surface area contributed by atoms with E-state index in [4.69, 9.17) is 5.11 Å². The number of hydrogen-bond acceptors (Lipinski definition) is 2. The molecule has 0 spiro atoms. The van der Waals surface area contributed by atoms with Gasteiger partial charge >= 0.3 is 5.97 Å². The van der Waals surface area contributed by atoms with Gasteiger partial charge in [0.25, 0.3) is 0 Å². The summed E-state index contributed by atoms with van der Waals surface area (Å²) >= 11 is 0. The highest BCUT2D eigenvalue weighted by molar-refractivity contribution is 5.97. The molecule has 0 heterocycles. The monoisotopic (exact) mass is 185 g/mol. The summed E-state index contributed by atoms with van der Waals surface area (Å²) < 4.78 is 0. The molecule has 0 bridgehead atoms. The van der Waals surface area contributed by atoms with Gasteiger partial charge in [-0.05, 0) is 13.3 Å². The van der Waals surface area contributed by atoms with Crippen molar-refractivity contribution >= 4 is 11.9 Å². The Morgan fingerprint density at radius 1 is 1.46 bits per heavy atom. The third-order valence-electron chi connectivity index (χ3n) is 1.51. The first kappa shape index (κ1) is 11.7. The molecule has 1 amide bonds. The van der Waals surface area contributed by atoms with Crippen LogP contribution in [-0.2, 0) is 9.59 Å². The van der Waals surface area contributed by atoms with Gasteiger partial charge < -0.3 is 10.4 Å². The Morgan fingerprint density at radius 2 is 2.08 bits per heavy atom. The molecule has 0 aromatic rings. The van der Waals surface area contributed by atoms with Gasteiger partial charge in [0.05, 0.1) is 0 Å². The molecular formula is C9H15NO3. The van der Waals surface area contributed by atoms with E-state index in [1.807, 2.05) is 6.92 Å². The number of unbranched alkanes of at least 4 members (excludes halogenated alkanes) is 1. The zero-order valence-electron chi connectivity index (χ0n) is 7.96. The normalized spacial score (nSPS) is 11.1. The maximum Gasteiger partial charge on any atom is 0.331 e. The van der Waals surface area contributed by atoms with Gasteiger partial charge in [0.15, 0.2) is 0 Å². The maximum atomic E-state index is 11.0. The van der Waals surface area contributed by atoms with Crippen LogP contribution < -0.4 is 5.32 Å². The number of amides is 1. The van der Waals surface area contributed by atoms with E-state index in [2.05, 4.69) is 5.32 Å². The van der Waals surface area contributed by atoms with Gasteiger partial charge in [0.2, 0.25) is 5.91 Å². The third-order valence-corrected chi connectivity index (χ3v) is 1.51. The lowest BCUT2D eigenvalue weighted by molar-refractivity contribution is -0.133. The molecule has 13 heavy (non-hydrogen) atoms. The van der Waals surface area contributed by atoms with Crippen LogP contribution in [0.5, 0.6) is 0 Å². The highest BCUT2D eigenvalue weighted by Crippen LogP contribution is 1.91. The molecule has 4 nitrogen and oxygen atoms in total. The topological polar surface area (TPSA) is 66.4 Å². The van der Waals surface area contributed by atoms with Crippen LogP contribution in [0.2, 0.25) is 0 Å². The van der Waals surface area contributed by atoms with Crippen LogP contribution in [0.3, 0.4) is 0 Å².